The number of hydrogen-bond donors (Lipinski definition) is 2. The third kappa shape index (κ3) is 4.10. The Bertz CT molecular complexity index is 766. The number of pyridine rings is 2. The normalized spacial score (nSPS) is 12.8. The highest BCUT2D eigenvalue weighted by Gasteiger charge is 2.21. The number of nitrogens with zero attached hydrogens (tertiary/aromatic N) is 3. The van der Waals surface area contributed by atoms with Gasteiger partial charge in [-0.15, -0.1) is 0 Å². The first-order valence-electron chi connectivity index (χ1n) is 7.88. The Morgan fingerprint density at radius 1 is 1.36 bits per heavy atom. The van der Waals surface area contributed by atoms with Crippen LogP contribution in [0.1, 0.15) is 15.9 Å². The molecule has 3 heterocycles. The van der Waals surface area contributed by atoms with E-state index in [9.17, 15) is 9.59 Å². The number of fused-ring (bicyclic) bond motifs is 1. The maximum Gasteiger partial charge on any atom is 0.255 e. The monoisotopic (exact) mass is 341 g/mol. The van der Waals surface area contributed by atoms with E-state index in [1.165, 1.54) is 6.20 Å². The van der Waals surface area contributed by atoms with E-state index in [4.69, 9.17) is 4.74 Å². The average Bonchev–Trinajstić information content (AvgIpc) is 2.64. The zero-order chi connectivity index (χ0) is 17.6. The maximum absolute atomic E-state index is 12.9. The van der Waals surface area contributed by atoms with Crippen molar-refractivity contribution in [3.8, 4) is 0 Å². The largest absolute Gasteiger partial charge is 0.383 e. The molecule has 3 rings (SSSR count). The summed E-state index contributed by atoms with van der Waals surface area (Å²) >= 11 is 0. The lowest BCUT2D eigenvalue weighted by Gasteiger charge is -2.24. The molecule has 0 saturated heterocycles. The van der Waals surface area contributed by atoms with Crippen molar-refractivity contribution in [1.29, 1.82) is 0 Å². The van der Waals surface area contributed by atoms with E-state index in [0.29, 0.717) is 36.8 Å². The van der Waals surface area contributed by atoms with Crippen LogP contribution in [-0.2, 0) is 16.1 Å². The highest BCUT2D eigenvalue weighted by Crippen LogP contribution is 2.23. The molecule has 2 aromatic rings. The average molecular weight is 341 g/mol. The predicted molar refractivity (Wildman–Crippen MR) is 92.2 cm³/mol. The lowest BCUT2D eigenvalue weighted by atomic mass is 10.2. The van der Waals surface area contributed by atoms with Gasteiger partial charge in [0.05, 0.1) is 24.4 Å². The van der Waals surface area contributed by atoms with Gasteiger partial charge in [0, 0.05) is 38.8 Å². The van der Waals surface area contributed by atoms with Gasteiger partial charge in [-0.25, -0.2) is 4.98 Å². The molecule has 8 nitrogen and oxygen atoms in total. The van der Waals surface area contributed by atoms with Crippen LogP contribution in [-0.4, -0.2) is 53.5 Å². The van der Waals surface area contributed by atoms with Crippen LogP contribution in [0.4, 0.5) is 11.5 Å². The van der Waals surface area contributed by atoms with E-state index in [1.807, 2.05) is 12.1 Å². The van der Waals surface area contributed by atoms with Crippen molar-refractivity contribution in [2.24, 2.45) is 0 Å². The molecule has 1 aliphatic heterocycles. The number of carbonyl (C=O) groups is 2. The van der Waals surface area contributed by atoms with Crippen LogP contribution in [0.25, 0.3) is 0 Å². The highest BCUT2D eigenvalue weighted by molar-refractivity contribution is 6.02. The summed E-state index contributed by atoms with van der Waals surface area (Å²) in [4.78, 5) is 34.3. The van der Waals surface area contributed by atoms with Gasteiger partial charge >= 0.3 is 0 Å². The molecule has 0 atom stereocenters. The predicted octanol–water partition coefficient (Wildman–Crippen LogP) is 1.13. The van der Waals surface area contributed by atoms with E-state index < -0.39 is 0 Å². The lowest BCUT2D eigenvalue weighted by molar-refractivity contribution is -0.114. The van der Waals surface area contributed by atoms with Crippen LogP contribution < -0.4 is 10.6 Å². The van der Waals surface area contributed by atoms with Gasteiger partial charge in [-0.1, -0.05) is 0 Å². The quantitative estimate of drug-likeness (QED) is 0.818. The maximum atomic E-state index is 12.9. The number of ether oxygens (including phenoxy) is 1. The number of amides is 2. The molecule has 0 spiro atoms. The number of aromatic nitrogens is 2. The fourth-order valence-corrected chi connectivity index (χ4v) is 2.52. The summed E-state index contributed by atoms with van der Waals surface area (Å²) in [7, 11) is 1.59. The molecule has 0 saturated carbocycles. The molecule has 0 bridgehead atoms. The van der Waals surface area contributed by atoms with Crippen LogP contribution in [0, 0.1) is 0 Å². The minimum Gasteiger partial charge on any atom is -0.383 e. The molecule has 2 aromatic heterocycles. The number of nitrogens with one attached hydrogen (secondary N) is 2. The van der Waals surface area contributed by atoms with Crippen LogP contribution in [0.15, 0.2) is 36.8 Å². The fraction of sp³-hybridized carbons (Fsp3) is 0.294. The zero-order valence-electron chi connectivity index (χ0n) is 13.9. The minimum atomic E-state index is -0.177. The third-order valence-electron chi connectivity index (χ3n) is 3.80. The van der Waals surface area contributed by atoms with Gasteiger partial charge in [-0.3, -0.25) is 14.6 Å². The van der Waals surface area contributed by atoms with Gasteiger partial charge in [0.1, 0.15) is 5.82 Å². The molecule has 8 heteroatoms. The Morgan fingerprint density at radius 2 is 2.16 bits per heavy atom. The fourth-order valence-electron chi connectivity index (χ4n) is 2.52. The molecule has 1 aliphatic rings. The van der Waals surface area contributed by atoms with Gasteiger partial charge in [-0.05, 0) is 23.8 Å². The molecule has 0 unspecified atom stereocenters. The second-order valence-electron chi connectivity index (χ2n) is 5.60. The van der Waals surface area contributed by atoms with Crippen molar-refractivity contribution < 1.29 is 14.3 Å². The van der Waals surface area contributed by atoms with E-state index >= 15 is 0 Å². The first-order valence-corrected chi connectivity index (χ1v) is 7.88. The van der Waals surface area contributed by atoms with Crippen LogP contribution in [0.5, 0.6) is 0 Å². The second kappa shape index (κ2) is 7.71. The summed E-state index contributed by atoms with van der Waals surface area (Å²) in [6.07, 6.45) is 4.89. The summed E-state index contributed by atoms with van der Waals surface area (Å²) in [6, 6.07) is 5.37. The number of hydrogen-bond acceptors (Lipinski definition) is 6. The Balaban J connectivity index is 1.81. The van der Waals surface area contributed by atoms with Crippen LogP contribution in [0.2, 0.25) is 0 Å². The molecule has 0 aliphatic carbocycles. The van der Waals surface area contributed by atoms with Crippen LogP contribution >= 0.6 is 0 Å². The number of carbonyl (C=O) groups excluding carboxylic acids is 2. The Kier molecular flexibility index (Phi) is 5.20. The van der Waals surface area contributed by atoms with E-state index in [2.05, 4.69) is 20.6 Å². The minimum absolute atomic E-state index is 0.160. The van der Waals surface area contributed by atoms with Gasteiger partial charge in [0.2, 0.25) is 5.91 Å². The topological polar surface area (TPSA) is 96.4 Å². The smallest absolute Gasteiger partial charge is 0.255 e. The van der Waals surface area contributed by atoms with Crippen molar-refractivity contribution >= 4 is 23.3 Å². The molecule has 0 aromatic carbocycles. The number of methoxy groups -OCH3 is 1. The molecule has 2 N–H and O–H groups in total. The molecule has 0 fully saturated rings. The van der Waals surface area contributed by atoms with E-state index in [1.54, 1.807) is 30.5 Å². The Morgan fingerprint density at radius 3 is 2.92 bits per heavy atom. The van der Waals surface area contributed by atoms with Crippen molar-refractivity contribution in [3.63, 3.8) is 0 Å². The standard InChI is InChI=1S/C17H19N5O3/c1-25-7-6-22(11-12-2-4-18-5-3-12)17(24)13-8-14-16(19-9-13)20-10-15(23)21-14/h2-5,8-9H,6-7,10-11H2,1H3,(H,19,20)(H,21,23). The molecule has 0 radical (unpaired) electrons. The van der Waals surface area contributed by atoms with Crippen molar-refractivity contribution in [2.75, 3.05) is 37.4 Å². The molecular weight excluding hydrogens is 322 g/mol. The SMILES string of the molecule is COCCN(Cc1ccncc1)C(=O)c1cnc2c(c1)NC(=O)CN2. The summed E-state index contributed by atoms with van der Waals surface area (Å²) in [5.41, 5.74) is 1.89. The second-order valence-corrected chi connectivity index (χ2v) is 5.60. The van der Waals surface area contributed by atoms with Gasteiger partial charge in [0.25, 0.3) is 5.91 Å². The number of anilines is 2. The molecule has 2 amide bonds. The van der Waals surface area contributed by atoms with Crippen molar-refractivity contribution in [2.45, 2.75) is 6.54 Å². The van der Waals surface area contributed by atoms with Gasteiger partial charge < -0.3 is 20.3 Å². The zero-order valence-corrected chi connectivity index (χ0v) is 13.9. The lowest BCUT2D eigenvalue weighted by Crippen LogP contribution is -2.34. The van der Waals surface area contributed by atoms with E-state index in [0.717, 1.165) is 5.56 Å². The molecule has 130 valence electrons. The van der Waals surface area contributed by atoms with Crippen molar-refractivity contribution in [3.05, 3.63) is 47.9 Å². The molecular formula is C17H19N5O3. The van der Waals surface area contributed by atoms with Gasteiger partial charge in [0.15, 0.2) is 0 Å². The number of rotatable bonds is 6. The summed E-state index contributed by atoms with van der Waals surface area (Å²) in [6.45, 7) is 1.48. The first kappa shape index (κ1) is 16.8. The molecule has 25 heavy (non-hydrogen) atoms. The third-order valence-corrected chi connectivity index (χ3v) is 3.80. The van der Waals surface area contributed by atoms with Crippen molar-refractivity contribution in [1.82, 2.24) is 14.9 Å². The summed E-state index contributed by atoms with van der Waals surface area (Å²) in [5, 5.41) is 5.63. The summed E-state index contributed by atoms with van der Waals surface area (Å²) < 4.78 is 5.11. The Labute approximate surface area is 145 Å². The van der Waals surface area contributed by atoms with Crippen LogP contribution in [0.3, 0.4) is 0 Å². The Hall–Kier alpha value is -3.00. The highest BCUT2D eigenvalue weighted by atomic mass is 16.5. The van der Waals surface area contributed by atoms with Gasteiger partial charge in [-0.2, -0.15) is 0 Å². The van der Waals surface area contributed by atoms with E-state index in [-0.39, 0.29) is 18.4 Å². The first-order chi connectivity index (χ1) is 12.2. The summed E-state index contributed by atoms with van der Waals surface area (Å²) in [5.74, 6) is 0.227.